The molecule has 0 aliphatic heterocycles. The minimum atomic E-state index is -2.93. The van der Waals surface area contributed by atoms with Crippen LogP contribution in [0.4, 0.5) is 17.6 Å². The maximum absolute atomic E-state index is 14.2. The second kappa shape index (κ2) is 10.2. The maximum atomic E-state index is 14.2. The van der Waals surface area contributed by atoms with Crippen LogP contribution in [0.1, 0.15) is 5.56 Å². The van der Waals surface area contributed by atoms with Crippen molar-refractivity contribution in [2.24, 2.45) is 0 Å². The van der Waals surface area contributed by atoms with E-state index in [1.54, 1.807) is 6.07 Å². The quantitative estimate of drug-likeness (QED) is 0.183. The molecule has 0 bridgehead atoms. The van der Waals surface area contributed by atoms with Gasteiger partial charge < -0.3 is 0 Å². The summed E-state index contributed by atoms with van der Waals surface area (Å²) in [5.41, 5.74) is 0.362. The SMILES string of the molecule is FCCOc1cccc([PH](Cc2cc(F)c(F)c(F)c2)(c2ccccc2)c2ccccc2)c1. The average Bonchev–Trinajstić information content (AvgIpc) is 2.86. The Balaban J connectivity index is 1.98. The summed E-state index contributed by atoms with van der Waals surface area (Å²) in [6, 6.07) is 29.1. The number of hydrogen-bond acceptors (Lipinski definition) is 1. The van der Waals surface area contributed by atoms with E-state index in [1.807, 2.05) is 78.9 Å². The summed E-state index contributed by atoms with van der Waals surface area (Å²) in [4.78, 5) is 0. The normalized spacial score (nSPS) is 11.9. The Bertz CT molecular complexity index is 1150. The van der Waals surface area contributed by atoms with E-state index >= 15 is 0 Å². The van der Waals surface area contributed by atoms with E-state index in [9.17, 15) is 17.6 Å². The first-order valence-corrected chi connectivity index (χ1v) is 12.8. The molecular formula is C27H23F4OP. The monoisotopic (exact) mass is 470 g/mol. The van der Waals surface area contributed by atoms with E-state index in [1.165, 1.54) is 0 Å². The van der Waals surface area contributed by atoms with E-state index in [2.05, 4.69) is 0 Å². The standard InChI is InChI=1S/C27H23F4OP/c28-14-15-32-21-8-7-13-24(18-21)33(22-9-3-1-4-10-22,23-11-5-2-6-12-23)19-20-16-25(29)27(31)26(30)17-20/h1-13,16-18,33H,14-15,19H2. The van der Waals surface area contributed by atoms with Gasteiger partial charge in [0.15, 0.2) is 0 Å². The molecule has 4 aromatic carbocycles. The van der Waals surface area contributed by atoms with Gasteiger partial charge in [0.05, 0.1) is 0 Å². The van der Waals surface area contributed by atoms with Gasteiger partial charge in [-0.15, -0.1) is 0 Å². The minimum absolute atomic E-state index is 0.0664. The first kappa shape index (κ1) is 23.0. The van der Waals surface area contributed by atoms with Crippen LogP contribution in [0, 0.1) is 17.5 Å². The molecule has 33 heavy (non-hydrogen) atoms. The van der Waals surface area contributed by atoms with E-state index in [-0.39, 0.29) is 6.61 Å². The van der Waals surface area contributed by atoms with Crippen molar-refractivity contribution in [2.45, 2.75) is 6.16 Å². The van der Waals surface area contributed by atoms with Crippen LogP contribution < -0.4 is 20.7 Å². The van der Waals surface area contributed by atoms with Crippen LogP contribution in [0.15, 0.2) is 97.1 Å². The topological polar surface area (TPSA) is 9.23 Å². The zero-order chi connectivity index (χ0) is 23.3. The fourth-order valence-electron chi connectivity index (χ4n) is 4.28. The van der Waals surface area contributed by atoms with Gasteiger partial charge in [-0.3, -0.25) is 0 Å². The molecule has 6 heteroatoms. The van der Waals surface area contributed by atoms with Gasteiger partial charge in [0.1, 0.15) is 0 Å². The third-order valence-electron chi connectivity index (χ3n) is 5.72. The van der Waals surface area contributed by atoms with Gasteiger partial charge in [-0.25, -0.2) is 0 Å². The summed E-state index contributed by atoms with van der Waals surface area (Å²) in [5.74, 6) is -3.39. The zero-order valence-corrected chi connectivity index (χ0v) is 18.8. The molecular weight excluding hydrogens is 447 g/mol. The number of benzene rings is 4. The van der Waals surface area contributed by atoms with Crippen molar-refractivity contribution in [1.29, 1.82) is 0 Å². The van der Waals surface area contributed by atoms with Crippen molar-refractivity contribution in [3.63, 3.8) is 0 Å². The zero-order valence-electron chi connectivity index (χ0n) is 17.8. The molecule has 1 nitrogen and oxygen atoms in total. The molecule has 0 amide bonds. The van der Waals surface area contributed by atoms with Crippen molar-refractivity contribution in [3.8, 4) is 5.75 Å². The molecule has 0 unspecified atom stereocenters. The van der Waals surface area contributed by atoms with Crippen LogP contribution in [0.5, 0.6) is 5.75 Å². The second-order valence-electron chi connectivity index (χ2n) is 7.75. The Morgan fingerprint density at radius 2 is 1.18 bits per heavy atom. The molecule has 0 radical (unpaired) electrons. The third-order valence-corrected chi connectivity index (χ3v) is 10.6. The van der Waals surface area contributed by atoms with Gasteiger partial charge in [-0.2, -0.15) is 0 Å². The summed E-state index contributed by atoms with van der Waals surface area (Å²) in [6.07, 6.45) is 0.293. The molecule has 0 N–H and O–H groups in total. The molecule has 0 aliphatic rings. The number of alkyl halides is 1. The predicted molar refractivity (Wildman–Crippen MR) is 128 cm³/mol. The summed E-state index contributed by atoms with van der Waals surface area (Å²) in [7, 11) is -2.93. The van der Waals surface area contributed by atoms with E-state index in [0.717, 1.165) is 28.0 Å². The molecule has 0 aromatic heterocycles. The molecule has 4 rings (SSSR count). The van der Waals surface area contributed by atoms with Crippen molar-refractivity contribution < 1.29 is 22.3 Å². The molecule has 0 heterocycles. The van der Waals surface area contributed by atoms with Gasteiger partial charge in [-0.1, -0.05) is 0 Å². The Kier molecular flexibility index (Phi) is 7.10. The van der Waals surface area contributed by atoms with Gasteiger partial charge in [0, 0.05) is 0 Å². The fourth-order valence-corrected chi connectivity index (χ4v) is 9.00. The molecule has 0 saturated carbocycles. The van der Waals surface area contributed by atoms with E-state index < -0.39 is 31.4 Å². The predicted octanol–water partition coefficient (Wildman–Crippen LogP) is 5.68. The second-order valence-corrected chi connectivity index (χ2v) is 11.6. The van der Waals surface area contributed by atoms with Crippen molar-refractivity contribution in [1.82, 2.24) is 0 Å². The van der Waals surface area contributed by atoms with Gasteiger partial charge in [0.25, 0.3) is 0 Å². The number of halogens is 4. The number of rotatable bonds is 8. The van der Waals surface area contributed by atoms with Crippen LogP contribution in [-0.2, 0) is 6.16 Å². The molecule has 4 aromatic rings. The van der Waals surface area contributed by atoms with Crippen LogP contribution in [0.2, 0.25) is 0 Å². The summed E-state index contributed by atoms with van der Waals surface area (Å²) in [6.45, 7) is -0.679. The van der Waals surface area contributed by atoms with Crippen LogP contribution >= 0.6 is 7.26 Å². The Labute approximate surface area is 191 Å². The average molecular weight is 470 g/mol. The van der Waals surface area contributed by atoms with Crippen molar-refractivity contribution in [3.05, 3.63) is 120 Å². The number of ether oxygens (including phenoxy) is 1. The van der Waals surface area contributed by atoms with Crippen LogP contribution in [0.3, 0.4) is 0 Å². The summed E-state index contributed by atoms with van der Waals surface area (Å²) < 4.78 is 60.3. The Morgan fingerprint density at radius 3 is 1.73 bits per heavy atom. The van der Waals surface area contributed by atoms with E-state index in [4.69, 9.17) is 4.74 Å². The van der Waals surface area contributed by atoms with Gasteiger partial charge >= 0.3 is 191 Å². The van der Waals surface area contributed by atoms with Gasteiger partial charge in [-0.05, 0) is 0 Å². The van der Waals surface area contributed by atoms with Crippen molar-refractivity contribution >= 4 is 23.2 Å². The van der Waals surface area contributed by atoms with Gasteiger partial charge in [0.2, 0.25) is 0 Å². The first-order chi connectivity index (χ1) is 16.0. The Morgan fingerprint density at radius 1 is 0.636 bits per heavy atom. The third kappa shape index (κ3) is 4.79. The summed E-state index contributed by atoms with van der Waals surface area (Å²) >= 11 is 0. The molecule has 0 atom stereocenters. The molecule has 0 fully saturated rings. The van der Waals surface area contributed by atoms with Crippen LogP contribution in [0.25, 0.3) is 0 Å². The molecule has 170 valence electrons. The molecule has 0 aliphatic carbocycles. The molecule has 0 spiro atoms. The fraction of sp³-hybridized carbons (Fsp3) is 0.111. The first-order valence-electron chi connectivity index (χ1n) is 10.6. The van der Waals surface area contributed by atoms with E-state index in [0.29, 0.717) is 17.5 Å². The Hall–Kier alpha value is -3.17. The van der Waals surface area contributed by atoms with Crippen LogP contribution in [-0.4, -0.2) is 13.3 Å². The van der Waals surface area contributed by atoms with Crippen molar-refractivity contribution in [2.75, 3.05) is 13.3 Å². The molecule has 0 saturated heterocycles. The number of hydrogen-bond donors (Lipinski definition) is 0. The summed E-state index contributed by atoms with van der Waals surface area (Å²) in [5, 5.41) is 2.97.